The van der Waals surface area contributed by atoms with Crippen LogP contribution < -0.4 is 5.32 Å². The van der Waals surface area contributed by atoms with Crippen LogP contribution in [-0.2, 0) is 23.9 Å². The van der Waals surface area contributed by atoms with E-state index in [1.165, 1.54) is 10.5 Å². The van der Waals surface area contributed by atoms with Gasteiger partial charge in [-0.2, -0.15) is 0 Å². The molecule has 2 bridgehead atoms. The van der Waals surface area contributed by atoms with Gasteiger partial charge in [0.25, 0.3) is 0 Å². The first kappa shape index (κ1) is 19.6. The standard InChI is InChI=1S/C22H26N2O5/c1-4-28-17(25)11-24-12-22-10-9-16(29-22)18(19(22)21(24)27)20(26)23-15-7-5-14(6-8-15)13(2)3/h5-10,13,16,18-19H,4,11-12H2,1-3H3,(H,23,26). The molecule has 3 heterocycles. The van der Waals surface area contributed by atoms with Gasteiger partial charge in [0.2, 0.25) is 11.8 Å². The highest BCUT2D eigenvalue weighted by Crippen LogP contribution is 2.52. The quantitative estimate of drug-likeness (QED) is 0.586. The number of carbonyl (C=O) groups excluding carboxylic acids is 3. The molecular weight excluding hydrogens is 372 g/mol. The number of likely N-dealkylation sites (tertiary alicyclic amines) is 1. The molecule has 154 valence electrons. The summed E-state index contributed by atoms with van der Waals surface area (Å²) in [5.41, 5.74) is 1.04. The molecule has 1 spiro atoms. The van der Waals surface area contributed by atoms with Crippen molar-refractivity contribution in [2.24, 2.45) is 11.8 Å². The predicted octanol–water partition coefficient (Wildman–Crippen LogP) is 2.09. The number of ether oxygens (including phenoxy) is 2. The second-order valence-corrected chi connectivity index (χ2v) is 8.17. The zero-order valence-electron chi connectivity index (χ0n) is 16.9. The van der Waals surface area contributed by atoms with Gasteiger partial charge < -0.3 is 19.7 Å². The van der Waals surface area contributed by atoms with E-state index in [0.29, 0.717) is 11.6 Å². The fourth-order valence-electron chi connectivity index (χ4n) is 4.55. The largest absolute Gasteiger partial charge is 0.465 e. The van der Waals surface area contributed by atoms with Crippen molar-refractivity contribution in [2.75, 3.05) is 25.0 Å². The van der Waals surface area contributed by atoms with Crippen LogP contribution in [0.3, 0.4) is 0 Å². The Kier molecular flexibility index (Phi) is 4.94. The predicted molar refractivity (Wildman–Crippen MR) is 106 cm³/mol. The maximum Gasteiger partial charge on any atom is 0.325 e. The third-order valence-corrected chi connectivity index (χ3v) is 5.95. The molecule has 2 fully saturated rings. The number of hydrogen-bond donors (Lipinski definition) is 1. The Hall–Kier alpha value is -2.67. The summed E-state index contributed by atoms with van der Waals surface area (Å²) in [5.74, 6) is -1.77. The third kappa shape index (κ3) is 3.33. The van der Waals surface area contributed by atoms with Gasteiger partial charge in [-0.25, -0.2) is 0 Å². The van der Waals surface area contributed by atoms with E-state index in [4.69, 9.17) is 9.47 Å². The van der Waals surface area contributed by atoms with E-state index in [0.717, 1.165) is 0 Å². The van der Waals surface area contributed by atoms with Crippen molar-refractivity contribution >= 4 is 23.5 Å². The van der Waals surface area contributed by atoms with E-state index in [1.54, 1.807) is 6.92 Å². The summed E-state index contributed by atoms with van der Waals surface area (Å²) >= 11 is 0. The van der Waals surface area contributed by atoms with Gasteiger partial charge in [0.05, 0.1) is 31.1 Å². The normalized spacial score (nSPS) is 29.4. The molecule has 4 unspecified atom stereocenters. The molecule has 3 aliphatic heterocycles. The van der Waals surface area contributed by atoms with Gasteiger partial charge in [-0.1, -0.05) is 38.1 Å². The van der Waals surface area contributed by atoms with Gasteiger partial charge in [-0.05, 0) is 30.5 Å². The smallest absolute Gasteiger partial charge is 0.325 e. The minimum atomic E-state index is -0.836. The van der Waals surface area contributed by atoms with Crippen LogP contribution in [0.4, 0.5) is 5.69 Å². The average molecular weight is 398 g/mol. The third-order valence-electron chi connectivity index (χ3n) is 5.95. The number of carbonyl (C=O) groups is 3. The molecule has 0 aromatic heterocycles. The summed E-state index contributed by atoms with van der Waals surface area (Å²) in [6.07, 6.45) is 3.29. The second-order valence-electron chi connectivity index (χ2n) is 8.17. The first-order chi connectivity index (χ1) is 13.8. The number of benzene rings is 1. The van der Waals surface area contributed by atoms with E-state index >= 15 is 0 Å². The van der Waals surface area contributed by atoms with Crippen LogP contribution in [0.5, 0.6) is 0 Å². The Bertz CT molecular complexity index is 862. The SMILES string of the molecule is CCOC(=O)CN1CC23C=CC(O2)C(C(=O)Nc2ccc(C(C)C)cc2)C3C1=O. The maximum atomic E-state index is 13.1. The van der Waals surface area contributed by atoms with E-state index in [-0.39, 0.29) is 31.5 Å². The monoisotopic (exact) mass is 398 g/mol. The van der Waals surface area contributed by atoms with E-state index in [2.05, 4.69) is 19.2 Å². The lowest BCUT2D eigenvalue weighted by molar-refractivity contribution is -0.148. The summed E-state index contributed by atoms with van der Waals surface area (Å²) in [4.78, 5) is 39.4. The van der Waals surface area contributed by atoms with E-state index in [1.807, 2.05) is 36.4 Å². The molecule has 4 rings (SSSR count). The van der Waals surface area contributed by atoms with E-state index < -0.39 is 29.5 Å². The van der Waals surface area contributed by atoms with Gasteiger partial charge >= 0.3 is 5.97 Å². The lowest BCUT2D eigenvalue weighted by Gasteiger charge is -2.23. The number of hydrogen-bond acceptors (Lipinski definition) is 5. The van der Waals surface area contributed by atoms with Gasteiger partial charge in [-0.15, -0.1) is 0 Å². The van der Waals surface area contributed by atoms with Crippen LogP contribution in [0.1, 0.15) is 32.3 Å². The van der Waals surface area contributed by atoms with Gasteiger partial charge in [0.15, 0.2) is 0 Å². The Morgan fingerprint density at radius 1 is 1.31 bits per heavy atom. The topological polar surface area (TPSA) is 84.9 Å². The summed E-state index contributed by atoms with van der Waals surface area (Å²) in [6, 6.07) is 7.72. The minimum absolute atomic E-state index is 0.127. The molecule has 3 aliphatic rings. The Morgan fingerprint density at radius 2 is 2.03 bits per heavy atom. The van der Waals surface area contributed by atoms with Crippen LogP contribution in [0.15, 0.2) is 36.4 Å². The molecule has 1 aromatic rings. The van der Waals surface area contributed by atoms with Crippen molar-refractivity contribution < 1.29 is 23.9 Å². The molecule has 4 atom stereocenters. The lowest BCUT2D eigenvalue weighted by Crippen LogP contribution is -2.41. The van der Waals surface area contributed by atoms with Gasteiger partial charge in [0, 0.05) is 5.69 Å². The summed E-state index contributed by atoms with van der Waals surface area (Å²) < 4.78 is 11.0. The second kappa shape index (κ2) is 7.30. The number of nitrogens with one attached hydrogen (secondary N) is 1. The molecule has 0 saturated carbocycles. The zero-order chi connectivity index (χ0) is 20.8. The van der Waals surface area contributed by atoms with Crippen LogP contribution in [0.25, 0.3) is 0 Å². The first-order valence-electron chi connectivity index (χ1n) is 10.1. The maximum absolute atomic E-state index is 13.1. The van der Waals surface area contributed by atoms with Crippen LogP contribution >= 0.6 is 0 Å². The molecular formula is C22H26N2O5. The average Bonchev–Trinajstić information content (AvgIpc) is 3.31. The number of nitrogens with zero attached hydrogens (tertiary/aromatic N) is 1. The Balaban J connectivity index is 1.50. The highest BCUT2D eigenvalue weighted by Gasteiger charge is 2.66. The summed E-state index contributed by atoms with van der Waals surface area (Å²) in [6.45, 7) is 6.33. The highest BCUT2D eigenvalue weighted by atomic mass is 16.5. The number of fused-ring (bicyclic) bond motifs is 1. The minimum Gasteiger partial charge on any atom is -0.465 e. The lowest BCUT2D eigenvalue weighted by atomic mass is 9.77. The molecule has 29 heavy (non-hydrogen) atoms. The van der Waals surface area contributed by atoms with Crippen molar-refractivity contribution in [2.45, 2.75) is 38.4 Å². The number of anilines is 1. The fraction of sp³-hybridized carbons (Fsp3) is 0.500. The van der Waals surface area contributed by atoms with Crippen molar-refractivity contribution in [3.8, 4) is 0 Å². The van der Waals surface area contributed by atoms with Crippen LogP contribution in [0, 0.1) is 11.8 Å². The zero-order valence-corrected chi connectivity index (χ0v) is 16.9. The van der Waals surface area contributed by atoms with Crippen molar-refractivity contribution in [1.82, 2.24) is 4.90 Å². The van der Waals surface area contributed by atoms with Crippen molar-refractivity contribution in [1.29, 1.82) is 0 Å². The number of amides is 2. The summed E-state index contributed by atoms with van der Waals surface area (Å²) in [5, 5.41) is 2.93. The molecule has 0 radical (unpaired) electrons. The first-order valence-corrected chi connectivity index (χ1v) is 10.1. The molecule has 0 aliphatic carbocycles. The van der Waals surface area contributed by atoms with E-state index in [9.17, 15) is 14.4 Å². The van der Waals surface area contributed by atoms with Crippen LogP contribution in [0.2, 0.25) is 0 Å². The molecule has 2 amide bonds. The summed E-state index contributed by atoms with van der Waals surface area (Å²) in [7, 11) is 0. The van der Waals surface area contributed by atoms with Crippen molar-refractivity contribution in [3.05, 3.63) is 42.0 Å². The Labute approximate surface area is 170 Å². The highest BCUT2D eigenvalue weighted by molar-refractivity contribution is 5.99. The van der Waals surface area contributed by atoms with Gasteiger partial charge in [0.1, 0.15) is 12.1 Å². The molecule has 1 N–H and O–H groups in total. The molecule has 7 heteroatoms. The molecule has 1 aromatic carbocycles. The Morgan fingerprint density at radius 3 is 2.69 bits per heavy atom. The van der Waals surface area contributed by atoms with Crippen molar-refractivity contribution in [3.63, 3.8) is 0 Å². The fourth-order valence-corrected chi connectivity index (χ4v) is 4.55. The molecule has 7 nitrogen and oxygen atoms in total. The number of rotatable bonds is 6. The molecule has 2 saturated heterocycles. The van der Waals surface area contributed by atoms with Crippen LogP contribution in [-0.4, -0.2) is 54.1 Å². The number of esters is 1. The van der Waals surface area contributed by atoms with Gasteiger partial charge in [-0.3, -0.25) is 14.4 Å².